The first-order valence-electron chi connectivity index (χ1n) is 8.37. The van der Waals surface area contributed by atoms with Gasteiger partial charge in [-0.3, -0.25) is 4.99 Å². The molecule has 1 aliphatic rings. The SMILES string of the molecule is CN=C(NCC(C)(O)c1ccc(C)o1)NC1CC(C)(OC)C1(C)C.I. The second kappa shape index (κ2) is 7.84. The lowest BCUT2D eigenvalue weighted by molar-refractivity contribution is -0.176. The van der Waals surface area contributed by atoms with Crippen LogP contribution in [0.4, 0.5) is 0 Å². The second-order valence-electron chi connectivity index (χ2n) is 7.67. The summed E-state index contributed by atoms with van der Waals surface area (Å²) in [4.78, 5) is 4.26. The number of guanidine groups is 1. The number of aliphatic hydroxyl groups is 1. The Morgan fingerprint density at radius 1 is 1.44 bits per heavy atom. The fourth-order valence-electron chi connectivity index (χ4n) is 3.15. The molecule has 0 spiro atoms. The van der Waals surface area contributed by atoms with Crippen LogP contribution in [0, 0.1) is 12.3 Å². The van der Waals surface area contributed by atoms with Crippen molar-refractivity contribution in [2.45, 2.75) is 58.3 Å². The third-order valence-corrected chi connectivity index (χ3v) is 5.68. The third-order valence-electron chi connectivity index (χ3n) is 5.68. The molecule has 0 aliphatic heterocycles. The number of aryl methyl sites for hydroxylation is 1. The molecule has 3 atom stereocenters. The van der Waals surface area contributed by atoms with E-state index in [2.05, 4.69) is 36.4 Å². The molecule has 7 heteroatoms. The van der Waals surface area contributed by atoms with Gasteiger partial charge in [-0.1, -0.05) is 13.8 Å². The Hall–Kier alpha value is -0.800. The number of methoxy groups -OCH3 is 1. The van der Waals surface area contributed by atoms with E-state index < -0.39 is 5.60 Å². The first-order valence-corrected chi connectivity index (χ1v) is 8.37. The zero-order valence-corrected chi connectivity index (χ0v) is 18.6. The maximum atomic E-state index is 10.6. The van der Waals surface area contributed by atoms with Gasteiger partial charge in [0.25, 0.3) is 0 Å². The van der Waals surface area contributed by atoms with Gasteiger partial charge >= 0.3 is 0 Å². The molecule has 1 aliphatic carbocycles. The molecule has 2 rings (SSSR count). The molecule has 6 nitrogen and oxygen atoms in total. The number of aliphatic imine (C=N–C) groups is 1. The van der Waals surface area contributed by atoms with E-state index in [-0.39, 0.29) is 41.0 Å². The topological polar surface area (TPSA) is 79.0 Å². The second-order valence-corrected chi connectivity index (χ2v) is 7.67. The lowest BCUT2D eigenvalue weighted by atomic mass is 9.56. The molecular weight excluding hydrogens is 433 g/mol. The summed E-state index contributed by atoms with van der Waals surface area (Å²) < 4.78 is 11.2. The van der Waals surface area contributed by atoms with Gasteiger partial charge in [-0.25, -0.2) is 0 Å². The lowest BCUT2D eigenvalue weighted by Crippen LogP contribution is -2.69. The van der Waals surface area contributed by atoms with E-state index in [1.165, 1.54) is 0 Å². The van der Waals surface area contributed by atoms with Gasteiger partial charge in [0.2, 0.25) is 0 Å². The summed E-state index contributed by atoms with van der Waals surface area (Å²) in [5.41, 5.74) is -1.26. The van der Waals surface area contributed by atoms with Gasteiger partial charge in [-0.15, -0.1) is 24.0 Å². The fraction of sp³-hybridized carbons (Fsp3) is 0.722. The number of nitrogens with one attached hydrogen (secondary N) is 2. The van der Waals surface area contributed by atoms with Crippen LogP contribution in [-0.2, 0) is 10.3 Å². The molecule has 1 saturated carbocycles. The summed E-state index contributed by atoms with van der Waals surface area (Å²) in [5, 5.41) is 17.2. The van der Waals surface area contributed by atoms with Crippen LogP contribution in [-0.4, -0.2) is 43.4 Å². The Bertz CT molecular complexity index is 612. The van der Waals surface area contributed by atoms with Crippen molar-refractivity contribution < 1.29 is 14.3 Å². The fourth-order valence-corrected chi connectivity index (χ4v) is 3.15. The quantitative estimate of drug-likeness (QED) is 0.354. The first kappa shape index (κ1) is 22.2. The smallest absolute Gasteiger partial charge is 0.191 e. The van der Waals surface area contributed by atoms with Crippen LogP contribution < -0.4 is 10.6 Å². The third kappa shape index (κ3) is 4.31. The Morgan fingerprint density at radius 3 is 2.52 bits per heavy atom. The molecular formula is C18H32IN3O3. The van der Waals surface area contributed by atoms with Crippen molar-refractivity contribution in [1.82, 2.24) is 10.6 Å². The van der Waals surface area contributed by atoms with Crippen LogP contribution >= 0.6 is 24.0 Å². The van der Waals surface area contributed by atoms with E-state index in [1.54, 1.807) is 27.1 Å². The average Bonchev–Trinajstić information content (AvgIpc) is 2.97. The number of nitrogens with zero attached hydrogens (tertiary/aromatic N) is 1. The molecule has 1 aromatic heterocycles. The molecule has 1 aromatic rings. The number of ether oxygens (including phenoxy) is 1. The molecule has 0 radical (unpaired) electrons. The lowest BCUT2D eigenvalue weighted by Gasteiger charge is -2.59. The standard InChI is InChI=1S/C18H31N3O3.HI/c1-12-8-9-14(24-12)17(4,22)11-20-15(19-6)21-13-10-18(5,23-7)16(13,2)3;/h8-9,13,22H,10-11H2,1-7H3,(H2,19,20,21);1H. The first-order chi connectivity index (χ1) is 11.1. The Morgan fingerprint density at radius 2 is 2.08 bits per heavy atom. The minimum absolute atomic E-state index is 0. The van der Waals surface area contributed by atoms with Crippen molar-refractivity contribution in [3.05, 3.63) is 23.7 Å². The molecule has 144 valence electrons. The molecule has 1 fully saturated rings. The van der Waals surface area contributed by atoms with E-state index in [9.17, 15) is 5.11 Å². The van der Waals surface area contributed by atoms with Crippen LogP contribution in [0.1, 0.15) is 45.6 Å². The Labute approximate surface area is 167 Å². The highest BCUT2D eigenvalue weighted by atomic mass is 127. The van der Waals surface area contributed by atoms with Crippen LogP contribution in [0.5, 0.6) is 0 Å². The van der Waals surface area contributed by atoms with Crippen molar-refractivity contribution >= 4 is 29.9 Å². The maximum Gasteiger partial charge on any atom is 0.191 e. The van der Waals surface area contributed by atoms with Crippen molar-refractivity contribution in [1.29, 1.82) is 0 Å². The molecule has 25 heavy (non-hydrogen) atoms. The van der Waals surface area contributed by atoms with Gasteiger partial charge in [0, 0.05) is 25.6 Å². The van der Waals surface area contributed by atoms with Crippen molar-refractivity contribution in [3.63, 3.8) is 0 Å². The van der Waals surface area contributed by atoms with Gasteiger partial charge in [0.1, 0.15) is 17.1 Å². The molecule has 0 aromatic carbocycles. The zero-order valence-electron chi connectivity index (χ0n) is 16.3. The normalized spacial score (nSPS) is 27.7. The van der Waals surface area contributed by atoms with Crippen molar-refractivity contribution in [2.75, 3.05) is 20.7 Å². The summed E-state index contributed by atoms with van der Waals surface area (Å²) in [6, 6.07) is 3.90. The highest BCUT2D eigenvalue weighted by Crippen LogP contribution is 2.51. The van der Waals surface area contributed by atoms with Crippen LogP contribution in [0.3, 0.4) is 0 Å². The van der Waals surface area contributed by atoms with Crippen LogP contribution in [0.2, 0.25) is 0 Å². The van der Waals surface area contributed by atoms with Crippen LogP contribution in [0.25, 0.3) is 0 Å². The van der Waals surface area contributed by atoms with Gasteiger partial charge in [0.15, 0.2) is 5.96 Å². The number of furan rings is 1. The summed E-state index contributed by atoms with van der Waals surface area (Å²) in [5.74, 6) is 1.98. The average molecular weight is 465 g/mol. The van der Waals surface area contributed by atoms with E-state index in [0.29, 0.717) is 18.3 Å². The monoisotopic (exact) mass is 465 g/mol. The summed E-state index contributed by atoms with van der Waals surface area (Å²) in [7, 11) is 3.48. The number of rotatable bonds is 5. The van der Waals surface area contributed by atoms with Gasteiger partial charge in [-0.05, 0) is 39.3 Å². The summed E-state index contributed by atoms with van der Waals surface area (Å²) >= 11 is 0. The predicted octanol–water partition coefficient (Wildman–Crippen LogP) is 2.78. The van der Waals surface area contributed by atoms with Gasteiger partial charge < -0.3 is 24.9 Å². The zero-order chi connectivity index (χ0) is 18.2. The van der Waals surface area contributed by atoms with Gasteiger partial charge in [0.05, 0.1) is 12.1 Å². The molecule has 1 heterocycles. The molecule has 0 bridgehead atoms. The van der Waals surface area contributed by atoms with Crippen LogP contribution in [0.15, 0.2) is 21.5 Å². The summed E-state index contributed by atoms with van der Waals surface area (Å²) in [6.07, 6.45) is 0.908. The Kier molecular flexibility index (Phi) is 6.97. The Balaban J connectivity index is 0.00000312. The maximum absolute atomic E-state index is 10.6. The number of hydrogen-bond acceptors (Lipinski definition) is 4. The minimum Gasteiger partial charge on any atom is -0.463 e. The van der Waals surface area contributed by atoms with Gasteiger partial charge in [-0.2, -0.15) is 0 Å². The largest absolute Gasteiger partial charge is 0.463 e. The predicted molar refractivity (Wildman–Crippen MR) is 111 cm³/mol. The van der Waals surface area contributed by atoms with E-state index >= 15 is 0 Å². The van der Waals surface area contributed by atoms with Crippen molar-refractivity contribution in [2.24, 2.45) is 10.4 Å². The number of hydrogen-bond donors (Lipinski definition) is 3. The van der Waals surface area contributed by atoms with E-state index in [4.69, 9.17) is 9.15 Å². The molecule has 3 N–H and O–H groups in total. The van der Waals surface area contributed by atoms with E-state index in [1.807, 2.05) is 13.0 Å². The summed E-state index contributed by atoms with van der Waals surface area (Å²) in [6.45, 7) is 10.4. The van der Waals surface area contributed by atoms with Crippen molar-refractivity contribution in [3.8, 4) is 0 Å². The number of halogens is 1. The molecule has 0 saturated heterocycles. The molecule has 0 amide bonds. The molecule has 3 unspecified atom stereocenters. The minimum atomic E-state index is -1.11. The highest BCUT2D eigenvalue weighted by Gasteiger charge is 2.58. The van der Waals surface area contributed by atoms with E-state index in [0.717, 1.165) is 12.2 Å². The highest BCUT2D eigenvalue weighted by molar-refractivity contribution is 14.0.